The van der Waals surface area contributed by atoms with Gasteiger partial charge in [0, 0.05) is 18.3 Å². The summed E-state index contributed by atoms with van der Waals surface area (Å²) in [5.41, 5.74) is 8.32. The average molecular weight is 270 g/mol. The molecule has 0 radical (unpaired) electrons. The normalized spacial score (nSPS) is 18.1. The number of aromatic nitrogens is 2. The predicted octanol–water partition coefficient (Wildman–Crippen LogP) is 2.36. The molecule has 1 unspecified atom stereocenters. The van der Waals surface area contributed by atoms with Crippen LogP contribution >= 0.6 is 0 Å². The molecule has 0 aliphatic carbocycles. The molecule has 2 N–H and O–H groups in total. The minimum absolute atomic E-state index is 0.299. The quantitative estimate of drug-likeness (QED) is 0.927. The van der Waals surface area contributed by atoms with Crippen molar-refractivity contribution >= 4 is 0 Å². The summed E-state index contributed by atoms with van der Waals surface area (Å²) in [5, 5.41) is 4.48. The van der Waals surface area contributed by atoms with Crippen LogP contribution < -0.4 is 5.73 Å². The summed E-state index contributed by atoms with van der Waals surface area (Å²) < 4.78 is 1.93. The van der Waals surface area contributed by atoms with Gasteiger partial charge in [-0.05, 0) is 38.1 Å². The molecule has 1 fully saturated rings. The van der Waals surface area contributed by atoms with Crippen molar-refractivity contribution in [3.8, 4) is 5.69 Å². The molecule has 1 aliphatic rings. The second-order valence-electron chi connectivity index (χ2n) is 5.40. The van der Waals surface area contributed by atoms with Gasteiger partial charge in [-0.3, -0.25) is 4.90 Å². The molecule has 20 heavy (non-hydrogen) atoms. The van der Waals surface area contributed by atoms with Crippen LogP contribution in [0.2, 0.25) is 0 Å². The van der Waals surface area contributed by atoms with Crippen LogP contribution in [0.15, 0.2) is 42.7 Å². The number of piperidine rings is 1. The zero-order valence-corrected chi connectivity index (χ0v) is 11.8. The van der Waals surface area contributed by atoms with E-state index in [-0.39, 0.29) is 0 Å². The van der Waals surface area contributed by atoms with Crippen molar-refractivity contribution < 1.29 is 0 Å². The number of nitrogens with two attached hydrogens (primary N) is 1. The maximum Gasteiger partial charge on any atom is 0.0645 e. The molecular weight excluding hydrogens is 248 g/mol. The lowest BCUT2D eigenvalue weighted by Crippen LogP contribution is -2.37. The van der Waals surface area contributed by atoms with E-state index in [1.807, 2.05) is 29.1 Å². The van der Waals surface area contributed by atoms with E-state index < -0.39 is 0 Å². The molecule has 3 rings (SSSR count). The summed E-state index contributed by atoms with van der Waals surface area (Å²) in [5.74, 6) is 0. The molecular formula is C16H22N4. The van der Waals surface area contributed by atoms with Gasteiger partial charge >= 0.3 is 0 Å². The standard InChI is InChI=1S/C16H22N4/c17-11-16(19-9-5-2-6-10-19)14-12-18-20(13-14)15-7-3-1-4-8-15/h1,3-4,7-8,12-13,16H,2,5-6,9-11,17H2. The molecule has 0 amide bonds. The Bertz CT molecular complexity index is 528. The van der Waals surface area contributed by atoms with Crippen LogP contribution in [0.3, 0.4) is 0 Å². The van der Waals surface area contributed by atoms with Gasteiger partial charge in [0.2, 0.25) is 0 Å². The highest BCUT2D eigenvalue weighted by Crippen LogP contribution is 2.24. The number of hydrogen-bond donors (Lipinski definition) is 1. The van der Waals surface area contributed by atoms with Gasteiger partial charge in [-0.1, -0.05) is 24.6 Å². The van der Waals surface area contributed by atoms with Gasteiger partial charge in [0.1, 0.15) is 0 Å². The van der Waals surface area contributed by atoms with E-state index in [1.54, 1.807) is 0 Å². The summed E-state index contributed by atoms with van der Waals surface area (Å²) in [7, 11) is 0. The highest BCUT2D eigenvalue weighted by atomic mass is 15.3. The number of para-hydroxylation sites is 1. The smallest absolute Gasteiger partial charge is 0.0645 e. The fraction of sp³-hybridized carbons (Fsp3) is 0.438. The molecule has 106 valence electrons. The zero-order valence-electron chi connectivity index (χ0n) is 11.8. The van der Waals surface area contributed by atoms with Crippen molar-refractivity contribution in [1.82, 2.24) is 14.7 Å². The third-order valence-corrected chi connectivity index (χ3v) is 4.06. The van der Waals surface area contributed by atoms with Crippen molar-refractivity contribution in [2.24, 2.45) is 5.73 Å². The Morgan fingerprint density at radius 2 is 1.85 bits per heavy atom. The van der Waals surface area contributed by atoms with E-state index in [9.17, 15) is 0 Å². The molecule has 4 heteroatoms. The zero-order chi connectivity index (χ0) is 13.8. The van der Waals surface area contributed by atoms with Gasteiger partial charge in [-0.2, -0.15) is 5.10 Å². The summed E-state index contributed by atoms with van der Waals surface area (Å²) in [6, 6.07) is 10.5. The third kappa shape index (κ3) is 2.76. The average Bonchev–Trinajstić information content (AvgIpc) is 3.00. The Morgan fingerprint density at radius 1 is 1.10 bits per heavy atom. The molecule has 1 aliphatic heterocycles. The Balaban J connectivity index is 1.80. The number of nitrogens with zero attached hydrogens (tertiary/aromatic N) is 3. The lowest BCUT2D eigenvalue weighted by atomic mass is 10.0. The maximum absolute atomic E-state index is 6.00. The van der Waals surface area contributed by atoms with Crippen LogP contribution in [0.1, 0.15) is 30.9 Å². The monoisotopic (exact) mass is 270 g/mol. The topological polar surface area (TPSA) is 47.1 Å². The molecule has 4 nitrogen and oxygen atoms in total. The number of benzene rings is 1. The summed E-state index contributed by atoms with van der Waals surface area (Å²) in [6.45, 7) is 2.96. The van der Waals surface area contributed by atoms with Crippen molar-refractivity contribution in [3.63, 3.8) is 0 Å². The Kier molecular flexibility index (Phi) is 4.14. The Labute approximate surface area is 120 Å². The van der Waals surface area contributed by atoms with E-state index >= 15 is 0 Å². The largest absolute Gasteiger partial charge is 0.329 e. The van der Waals surface area contributed by atoms with Crippen LogP contribution in [0.25, 0.3) is 5.69 Å². The van der Waals surface area contributed by atoms with Crippen LogP contribution in [0.4, 0.5) is 0 Å². The molecule has 0 spiro atoms. The van der Waals surface area contributed by atoms with Gasteiger partial charge in [-0.25, -0.2) is 4.68 Å². The fourth-order valence-electron chi connectivity index (χ4n) is 2.96. The SMILES string of the molecule is NCC(c1cnn(-c2ccccc2)c1)N1CCCCC1. The number of rotatable bonds is 4. The third-order valence-electron chi connectivity index (χ3n) is 4.06. The molecule has 1 saturated heterocycles. The van der Waals surface area contributed by atoms with E-state index in [0.717, 1.165) is 18.8 Å². The van der Waals surface area contributed by atoms with Crippen LogP contribution in [-0.4, -0.2) is 34.3 Å². The molecule has 2 heterocycles. The molecule has 1 aromatic carbocycles. The fourth-order valence-corrected chi connectivity index (χ4v) is 2.96. The molecule has 2 aromatic rings. The van der Waals surface area contributed by atoms with Gasteiger partial charge in [0.25, 0.3) is 0 Å². The minimum Gasteiger partial charge on any atom is -0.329 e. The first-order valence-corrected chi connectivity index (χ1v) is 7.42. The van der Waals surface area contributed by atoms with Gasteiger partial charge in [0.15, 0.2) is 0 Å². The lowest BCUT2D eigenvalue weighted by molar-refractivity contribution is 0.167. The summed E-state index contributed by atoms with van der Waals surface area (Å²) in [6.07, 6.45) is 7.98. The molecule has 1 aromatic heterocycles. The minimum atomic E-state index is 0.299. The first kappa shape index (κ1) is 13.3. The summed E-state index contributed by atoms with van der Waals surface area (Å²) in [4.78, 5) is 2.50. The second kappa shape index (κ2) is 6.20. The van der Waals surface area contributed by atoms with E-state index in [0.29, 0.717) is 12.6 Å². The second-order valence-corrected chi connectivity index (χ2v) is 5.40. The number of likely N-dealkylation sites (tertiary alicyclic amines) is 1. The van der Waals surface area contributed by atoms with Gasteiger partial charge < -0.3 is 5.73 Å². The van der Waals surface area contributed by atoms with Crippen LogP contribution in [0, 0.1) is 0 Å². The molecule has 0 bridgehead atoms. The number of hydrogen-bond acceptors (Lipinski definition) is 3. The predicted molar refractivity (Wildman–Crippen MR) is 80.8 cm³/mol. The van der Waals surface area contributed by atoms with E-state index in [4.69, 9.17) is 5.73 Å². The van der Waals surface area contributed by atoms with Crippen molar-refractivity contribution in [2.45, 2.75) is 25.3 Å². The van der Waals surface area contributed by atoms with Crippen molar-refractivity contribution in [2.75, 3.05) is 19.6 Å². The maximum atomic E-state index is 6.00. The Morgan fingerprint density at radius 3 is 2.55 bits per heavy atom. The molecule has 0 saturated carbocycles. The van der Waals surface area contributed by atoms with E-state index in [2.05, 4.69) is 28.3 Å². The van der Waals surface area contributed by atoms with Crippen LogP contribution in [0.5, 0.6) is 0 Å². The molecule has 1 atom stereocenters. The van der Waals surface area contributed by atoms with Crippen molar-refractivity contribution in [1.29, 1.82) is 0 Å². The Hall–Kier alpha value is -1.65. The lowest BCUT2D eigenvalue weighted by Gasteiger charge is -2.33. The van der Waals surface area contributed by atoms with E-state index in [1.165, 1.54) is 24.8 Å². The van der Waals surface area contributed by atoms with Crippen LogP contribution in [-0.2, 0) is 0 Å². The van der Waals surface area contributed by atoms with Gasteiger partial charge in [-0.15, -0.1) is 0 Å². The highest BCUT2D eigenvalue weighted by Gasteiger charge is 2.22. The van der Waals surface area contributed by atoms with Crippen molar-refractivity contribution in [3.05, 3.63) is 48.3 Å². The van der Waals surface area contributed by atoms with Gasteiger partial charge in [0.05, 0.1) is 17.9 Å². The highest BCUT2D eigenvalue weighted by molar-refractivity contribution is 5.31. The first-order chi connectivity index (χ1) is 9.88. The summed E-state index contributed by atoms with van der Waals surface area (Å²) >= 11 is 0. The first-order valence-electron chi connectivity index (χ1n) is 7.42.